The second kappa shape index (κ2) is 5.18. The van der Waals surface area contributed by atoms with Crippen molar-refractivity contribution in [1.82, 2.24) is 0 Å². The predicted molar refractivity (Wildman–Crippen MR) is 76.0 cm³/mol. The summed E-state index contributed by atoms with van der Waals surface area (Å²) in [7, 11) is 1.52. The van der Waals surface area contributed by atoms with Gasteiger partial charge in [0.25, 0.3) is 0 Å². The first-order valence-corrected chi connectivity index (χ1v) is 6.61. The van der Waals surface area contributed by atoms with Gasteiger partial charge in [-0.2, -0.15) is 0 Å². The topological polar surface area (TPSA) is 79.2 Å². The van der Waals surface area contributed by atoms with Crippen molar-refractivity contribution < 1.29 is 24.8 Å². The fraction of sp³-hybridized carbons (Fsp3) is 0.250. The molecule has 1 aliphatic heterocycles. The Morgan fingerprint density at radius 2 is 1.86 bits per heavy atom. The van der Waals surface area contributed by atoms with Crippen molar-refractivity contribution in [2.24, 2.45) is 0 Å². The second-order valence-corrected chi connectivity index (χ2v) is 5.01. The van der Waals surface area contributed by atoms with Gasteiger partial charge in [-0.1, -0.05) is 6.07 Å². The fourth-order valence-electron chi connectivity index (χ4n) is 2.60. The van der Waals surface area contributed by atoms with Gasteiger partial charge in [0.05, 0.1) is 25.7 Å². The highest BCUT2D eigenvalue weighted by Crippen LogP contribution is 2.44. The molecule has 0 saturated carbocycles. The van der Waals surface area contributed by atoms with Gasteiger partial charge in [0.2, 0.25) is 0 Å². The average molecular weight is 288 g/mol. The third kappa shape index (κ3) is 2.36. The Morgan fingerprint density at radius 3 is 2.57 bits per heavy atom. The number of hydrogen-bond acceptors (Lipinski definition) is 5. The molecule has 1 heterocycles. The van der Waals surface area contributed by atoms with Crippen molar-refractivity contribution in [2.75, 3.05) is 13.7 Å². The second-order valence-electron chi connectivity index (χ2n) is 5.01. The van der Waals surface area contributed by atoms with Crippen molar-refractivity contribution in [3.8, 4) is 23.0 Å². The van der Waals surface area contributed by atoms with E-state index in [2.05, 4.69) is 0 Å². The van der Waals surface area contributed by atoms with E-state index in [1.807, 2.05) is 0 Å². The quantitative estimate of drug-likeness (QED) is 0.790. The van der Waals surface area contributed by atoms with Gasteiger partial charge >= 0.3 is 0 Å². The van der Waals surface area contributed by atoms with Crippen LogP contribution in [0.5, 0.6) is 23.0 Å². The lowest BCUT2D eigenvalue weighted by Crippen LogP contribution is -2.24. The highest BCUT2D eigenvalue weighted by molar-refractivity contribution is 5.48. The maximum Gasteiger partial charge on any atom is 0.128 e. The van der Waals surface area contributed by atoms with Crippen molar-refractivity contribution in [2.45, 2.75) is 12.0 Å². The SMILES string of the molecule is COc1ccc([C@H]2COc3cc(O)ccc3[C@@H]2O)c(O)c1. The summed E-state index contributed by atoms with van der Waals surface area (Å²) in [5.41, 5.74) is 1.20. The molecule has 5 heteroatoms. The van der Waals surface area contributed by atoms with Gasteiger partial charge in [0.1, 0.15) is 23.0 Å². The van der Waals surface area contributed by atoms with Crippen LogP contribution >= 0.6 is 0 Å². The standard InChI is InChI=1S/C16H16O5/c1-20-10-3-5-11(14(18)7-10)13-8-21-15-6-9(17)2-4-12(15)16(13)19/h2-7,13,16-19H,8H2,1H3/t13-,16+/m1/s1. The Balaban J connectivity index is 1.96. The molecule has 21 heavy (non-hydrogen) atoms. The minimum Gasteiger partial charge on any atom is -0.508 e. The van der Waals surface area contributed by atoms with Crippen LogP contribution in [0.25, 0.3) is 0 Å². The van der Waals surface area contributed by atoms with Gasteiger partial charge in [-0.05, 0) is 18.2 Å². The number of ether oxygens (including phenoxy) is 2. The van der Waals surface area contributed by atoms with Gasteiger partial charge < -0.3 is 24.8 Å². The number of phenolic OH excluding ortho intramolecular Hbond substituents is 2. The number of hydrogen-bond donors (Lipinski definition) is 3. The van der Waals surface area contributed by atoms with Crippen molar-refractivity contribution in [1.29, 1.82) is 0 Å². The van der Waals surface area contributed by atoms with E-state index >= 15 is 0 Å². The van der Waals surface area contributed by atoms with Gasteiger partial charge in [0, 0.05) is 23.3 Å². The van der Waals surface area contributed by atoms with Crippen LogP contribution in [0.1, 0.15) is 23.1 Å². The normalized spacial score (nSPS) is 20.5. The first-order chi connectivity index (χ1) is 10.1. The van der Waals surface area contributed by atoms with E-state index in [0.717, 1.165) is 0 Å². The highest BCUT2D eigenvalue weighted by atomic mass is 16.5. The van der Waals surface area contributed by atoms with E-state index in [-0.39, 0.29) is 24.0 Å². The summed E-state index contributed by atoms with van der Waals surface area (Å²) in [6.07, 6.45) is -0.811. The van der Waals surface area contributed by atoms with Crippen LogP contribution in [-0.2, 0) is 0 Å². The van der Waals surface area contributed by atoms with E-state index in [9.17, 15) is 15.3 Å². The molecule has 5 nitrogen and oxygen atoms in total. The molecule has 2 aromatic rings. The van der Waals surface area contributed by atoms with Gasteiger partial charge in [-0.3, -0.25) is 0 Å². The predicted octanol–water partition coefficient (Wildman–Crippen LogP) is 2.32. The zero-order valence-corrected chi connectivity index (χ0v) is 11.5. The molecule has 0 unspecified atom stereocenters. The van der Waals surface area contributed by atoms with Crippen LogP contribution in [0, 0.1) is 0 Å². The minimum absolute atomic E-state index is 0.0595. The summed E-state index contributed by atoms with van der Waals surface area (Å²) < 4.78 is 10.6. The van der Waals surface area contributed by atoms with Crippen LogP contribution in [0.2, 0.25) is 0 Å². The van der Waals surface area contributed by atoms with Crippen LogP contribution < -0.4 is 9.47 Å². The van der Waals surface area contributed by atoms with Crippen molar-refractivity contribution in [3.05, 3.63) is 47.5 Å². The Labute approximate surface area is 122 Å². The van der Waals surface area contributed by atoms with Crippen LogP contribution in [0.3, 0.4) is 0 Å². The summed E-state index contributed by atoms with van der Waals surface area (Å²) in [6, 6.07) is 9.56. The van der Waals surface area contributed by atoms with E-state index in [4.69, 9.17) is 9.47 Å². The molecule has 0 aliphatic carbocycles. The molecule has 1 aliphatic rings. The summed E-state index contributed by atoms with van der Waals surface area (Å²) in [5.74, 6) is 0.781. The minimum atomic E-state index is -0.811. The molecule has 0 aromatic heterocycles. The molecule has 0 bridgehead atoms. The monoisotopic (exact) mass is 288 g/mol. The summed E-state index contributed by atoms with van der Waals surface area (Å²) in [6.45, 7) is 0.220. The number of aliphatic hydroxyl groups is 1. The molecule has 110 valence electrons. The molecule has 0 amide bonds. The lowest BCUT2D eigenvalue weighted by molar-refractivity contribution is 0.0875. The van der Waals surface area contributed by atoms with E-state index < -0.39 is 6.10 Å². The van der Waals surface area contributed by atoms with Crippen molar-refractivity contribution in [3.63, 3.8) is 0 Å². The number of benzene rings is 2. The number of aromatic hydroxyl groups is 2. The molecule has 3 rings (SSSR count). The summed E-state index contributed by atoms with van der Waals surface area (Å²) in [5, 5.41) is 30.1. The zero-order chi connectivity index (χ0) is 15.0. The van der Waals surface area contributed by atoms with Crippen LogP contribution in [0.15, 0.2) is 36.4 Å². The molecular formula is C16H16O5. The average Bonchev–Trinajstić information content (AvgIpc) is 2.48. The number of phenols is 2. The van der Waals surface area contributed by atoms with Gasteiger partial charge in [0.15, 0.2) is 0 Å². The Bertz CT molecular complexity index is 668. The lowest BCUT2D eigenvalue weighted by atomic mass is 9.87. The number of rotatable bonds is 2. The third-order valence-corrected chi connectivity index (χ3v) is 3.75. The van der Waals surface area contributed by atoms with E-state index in [0.29, 0.717) is 22.6 Å². The maximum atomic E-state index is 10.5. The summed E-state index contributed by atoms with van der Waals surface area (Å²) >= 11 is 0. The van der Waals surface area contributed by atoms with Crippen LogP contribution in [-0.4, -0.2) is 29.0 Å². The molecule has 0 saturated heterocycles. The largest absolute Gasteiger partial charge is 0.508 e. The van der Waals surface area contributed by atoms with E-state index in [1.54, 1.807) is 18.2 Å². The molecule has 3 N–H and O–H groups in total. The molecule has 2 aromatic carbocycles. The Kier molecular flexibility index (Phi) is 3.35. The molecular weight excluding hydrogens is 272 g/mol. The molecule has 2 atom stereocenters. The van der Waals surface area contributed by atoms with Crippen molar-refractivity contribution >= 4 is 0 Å². The molecule has 0 radical (unpaired) electrons. The smallest absolute Gasteiger partial charge is 0.128 e. The summed E-state index contributed by atoms with van der Waals surface area (Å²) in [4.78, 5) is 0. The number of methoxy groups -OCH3 is 1. The lowest BCUT2D eigenvalue weighted by Gasteiger charge is -2.31. The molecule has 0 spiro atoms. The van der Waals surface area contributed by atoms with E-state index in [1.165, 1.54) is 25.3 Å². The highest BCUT2D eigenvalue weighted by Gasteiger charge is 2.32. The number of fused-ring (bicyclic) bond motifs is 1. The number of aliphatic hydroxyl groups excluding tert-OH is 1. The first kappa shape index (κ1) is 13.6. The maximum absolute atomic E-state index is 10.5. The molecule has 0 fully saturated rings. The van der Waals surface area contributed by atoms with Crippen LogP contribution in [0.4, 0.5) is 0 Å². The third-order valence-electron chi connectivity index (χ3n) is 3.75. The van der Waals surface area contributed by atoms with Gasteiger partial charge in [-0.25, -0.2) is 0 Å². The Morgan fingerprint density at radius 1 is 1.10 bits per heavy atom. The first-order valence-electron chi connectivity index (χ1n) is 6.61. The van der Waals surface area contributed by atoms with Gasteiger partial charge in [-0.15, -0.1) is 0 Å². The zero-order valence-electron chi connectivity index (χ0n) is 11.5. The Hall–Kier alpha value is -2.40. The fourth-order valence-corrected chi connectivity index (χ4v) is 2.60.